The van der Waals surface area contributed by atoms with Crippen LogP contribution in [-0.2, 0) is 10.0 Å². The van der Waals surface area contributed by atoms with Gasteiger partial charge in [-0.05, 0) is 62.1 Å². The first-order chi connectivity index (χ1) is 12.4. The lowest BCUT2D eigenvalue weighted by molar-refractivity contribution is 0.0711. The van der Waals surface area contributed by atoms with Crippen LogP contribution in [0.3, 0.4) is 0 Å². The molecule has 1 aromatic heterocycles. The molecule has 1 aliphatic rings. The van der Waals surface area contributed by atoms with Gasteiger partial charge in [0.05, 0.1) is 4.90 Å². The molecular weight excluding hydrogens is 350 g/mol. The molecule has 1 fully saturated rings. The molecule has 1 aromatic carbocycles. The van der Waals surface area contributed by atoms with Crippen molar-refractivity contribution in [1.82, 2.24) is 14.6 Å². The summed E-state index contributed by atoms with van der Waals surface area (Å²) in [4.78, 5) is 18.4. The number of aromatic nitrogens is 1. The highest BCUT2D eigenvalue weighted by molar-refractivity contribution is 7.89. The fourth-order valence-corrected chi connectivity index (χ4v) is 4.44. The van der Waals surface area contributed by atoms with Gasteiger partial charge >= 0.3 is 0 Å². The summed E-state index contributed by atoms with van der Waals surface area (Å²) in [6.07, 6.45) is 4.39. The Bertz CT molecular complexity index is 890. The molecule has 0 radical (unpaired) electrons. The molecule has 2 heterocycles. The van der Waals surface area contributed by atoms with Gasteiger partial charge in [-0.2, -0.15) is 0 Å². The van der Waals surface area contributed by atoms with Crippen LogP contribution in [0.4, 0.5) is 0 Å². The average Bonchev–Trinajstić information content (AvgIpc) is 2.64. The fourth-order valence-electron chi connectivity index (χ4n) is 3.05. The molecule has 0 atom stereocenters. The molecule has 0 saturated carbocycles. The van der Waals surface area contributed by atoms with Crippen LogP contribution >= 0.6 is 0 Å². The molecule has 0 unspecified atom stereocenters. The number of hydrogen-bond acceptors (Lipinski definition) is 4. The van der Waals surface area contributed by atoms with Crippen molar-refractivity contribution in [3.05, 3.63) is 59.4 Å². The van der Waals surface area contributed by atoms with Crippen molar-refractivity contribution in [3.63, 3.8) is 0 Å². The molecule has 0 aliphatic carbocycles. The number of benzene rings is 1. The van der Waals surface area contributed by atoms with Crippen molar-refractivity contribution in [2.45, 2.75) is 37.6 Å². The number of likely N-dealkylation sites (tertiary alicyclic amines) is 1. The van der Waals surface area contributed by atoms with Gasteiger partial charge in [0.15, 0.2) is 0 Å². The fraction of sp³-hybridized carbons (Fsp3) is 0.368. The maximum absolute atomic E-state index is 12.6. The zero-order valence-corrected chi connectivity index (χ0v) is 15.8. The molecule has 1 aliphatic heterocycles. The second-order valence-electron chi connectivity index (χ2n) is 6.67. The van der Waals surface area contributed by atoms with Gasteiger partial charge in [-0.1, -0.05) is 6.07 Å². The van der Waals surface area contributed by atoms with Gasteiger partial charge < -0.3 is 4.90 Å². The Morgan fingerprint density at radius 3 is 2.35 bits per heavy atom. The summed E-state index contributed by atoms with van der Waals surface area (Å²) in [5.74, 6) is -0.0390. The lowest BCUT2D eigenvalue weighted by Crippen LogP contribution is -2.46. The van der Waals surface area contributed by atoms with Gasteiger partial charge in [-0.3, -0.25) is 9.78 Å². The first-order valence-corrected chi connectivity index (χ1v) is 10.1. The number of hydrogen-bond donors (Lipinski definition) is 1. The minimum atomic E-state index is -3.55. The van der Waals surface area contributed by atoms with Gasteiger partial charge in [0, 0.05) is 37.1 Å². The first kappa shape index (κ1) is 18.5. The molecule has 2 aromatic rings. The number of nitrogens with one attached hydrogen (secondary N) is 1. The van der Waals surface area contributed by atoms with E-state index in [0.717, 1.165) is 11.1 Å². The smallest absolute Gasteiger partial charge is 0.253 e. The van der Waals surface area contributed by atoms with E-state index in [2.05, 4.69) is 9.71 Å². The molecule has 0 spiro atoms. The first-order valence-electron chi connectivity index (χ1n) is 8.66. The van der Waals surface area contributed by atoms with Crippen LogP contribution in [0.5, 0.6) is 0 Å². The molecule has 1 saturated heterocycles. The van der Waals surface area contributed by atoms with Crippen LogP contribution in [0.25, 0.3) is 0 Å². The summed E-state index contributed by atoms with van der Waals surface area (Å²) < 4.78 is 28.0. The van der Waals surface area contributed by atoms with E-state index in [0.29, 0.717) is 31.5 Å². The Kier molecular flexibility index (Phi) is 5.38. The Morgan fingerprint density at radius 1 is 1.08 bits per heavy atom. The third kappa shape index (κ3) is 4.11. The number of nitrogens with zero attached hydrogens (tertiary/aromatic N) is 2. The summed E-state index contributed by atoms with van der Waals surface area (Å²) in [5, 5.41) is 0. The van der Waals surface area contributed by atoms with E-state index in [4.69, 9.17) is 0 Å². The zero-order valence-electron chi connectivity index (χ0n) is 15.0. The molecule has 1 N–H and O–H groups in total. The van der Waals surface area contributed by atoms with Crippen molar-refractivity contribution < 1.29 is 13.2 Å². The molecule has 3 rings (SSSR count). The summed E-state index contributed by atoms with van der Waals surface area (Å²) in [5.41, 5.74) is 2.62. The van der Waals surface area contributed by atoms with Crippen molar-refractivity contribution >= 4 is 15.9 Å². The lowest BCUT2D eigenvalue weighted by atomic mass is 10.1. The van der Waals surface area contributed by atoms with Gasteiger partial charge in [0.2, 0.25) is 10.0 Å². The van der Waals surface area contributed by atoms with Crippen LogP contribution < -0.4 is 4.72 Å². The third-order valence-electron chi connectivity index (χ3n) is 4.82. The largest absolute Gasteiger partial charge is 0.339 e. The van der Waals surface area contributed by atoms with Crippen LogP contribution in [0.1, 0.15) is 34.3 Å². The predicted molar refractivity (Wildman–Crippen MR) is 99.4 cm³/mol. The number of aryl methyl sites for hydroxylation is 2. The highest BCUT2D eigenvalue weighted by atomic mass is 32.2. The summed E-state index contributed by atoms with van der Waals surface area (Å²) in [7, 11) is -3.55. The molecule has 7 heteroatoms. The normalized spacial score (nSPS) is 15.8. The van der Waals surface area contributed by atoms with Crippen LogP contribution in [-0.4, -0.2) is 43.3 Å². The van der Waals surface area contributed by atoms with Gasteiger partial charge in [0.1, 0.15) is 0 Å². The van der Waals surface area contributed by atoms with Gasteiger partial charge in [0.25, 0.3) is 5.91 Å². The van der Waals surface area contributed by atoms with E-state index in [1.54, 1.807) is 41.6 Å². The molecule has 26 heavy (non-hydrogen) atoms. The topological polar surface area (TPSA) is 79.4 Å². The molecular formula is C19H23N3O3S. The maximum Gasteiger partial charge on any atom is 0.253 e. The van der Waals surface area contributed by atoms with E-state index in [-0.39, 0.29) is 16.8 Å². The Hall–Kier alpha value is -2.25. The lowest BCUT2D eigenvalue weighted by Gasteiger charge is -2.32. The molecule has 0 bridgehead atoms. The van der Waals surface area contributed by atoms with E-state index in [1.165, 1.54) is 0 Å². The Labute approximate surface area is 154 Å². The number of rotatable bonds is 4. The molecule has 1 amide bonds. The highest BCUT2D eigenvalue weighted by Gasteiger charge is 2.27. The van der Waals surface area contributed by atoms with Crippen LogP contribution in [0.15, 0.2) is 47.6 Å². The Balaban J connectivity index is 1.61. The van der Waals surface area contributed by atoms with Gasteiger partial charge in [-0.15, -0.1) is 0 Å². The summed E-state index contributed by atoms with van der Waals surface area (Å²) >= 11 is 0. The number of carbonyl (C=O) groups is 1. The summed E-state index contributed by atoms with van der Waals surface area (Å²) in [6, 6.07) is 8.36. The monoisotopic (exact) mass is 373 g/mol. The second kappa shape index (κ2) is 7.55. The minimum absolute atomic E-state index is 0.0390. The number of amides is 1. The van der Waals surface area contributed by atoms with Crippen molar-refractivity contribution in [1.29, 1.82) is 0 Å². The van der Waals surface area contributed by atoms with Crippen LogP contribution in [0.2, 0.25) is 0 Å². The summed E-state index contributed by atoms with van der Waals surface area (Å²) in [6.45, 7) is 4.91. The van der Waals surface area contributed by atoms with Crippen molar-refractivity contribution in [3.8, 4) is 0 Å². The van der Waals surface area contributed by atoms with Crippen molar-refractivity contribution in [2.24, 2.45) is 0 Å². The third-order valence-corrected chi connectivity index (χ3v) is 6.34. The van der Waals surface area contributed by atoms with E-state index < -0.39 is 10.0 Å². The minimum Gasteiger partial charge on any atom is -0.339 e. The van der Waals surface area contributed by atoms with E-state index in [1.807, 2.05) is 19.9 Å². The van der Waals surface area contributed by atoms with Crippen LogP contribution in [0, 0.1) is 13.8 Å². The van der Waals surface area contributed by atoms with Crippen molar-refractivity contribution in [2.75, 3.05) is 13.1 Å². The molecule has 138 valence electrons. The SMILES string of the molecule is Cc1ccc(S(=O)(=O)NC2CCN(C(=O)c3ccncc3)CC2)cc1C. The number of piperidine rings is 1. The number of sulfonamides is 1. The molecule has 6 nitrogen and oxygen atoms in total. The number of pyridine rings is 1. The second-order valence-corrected chi connectivity index (χ2v) is 8.38. The quantitative estimate of drug-likeness (QED) is 0.892. The average molecular weight is 373 g/mol. The number of carbonyl (C=O) groups excluding carboxylic acids is 1. The highest BCUT2D eigenvalue weighted by Crippen LogP contribution is 2.18. The standard InChI is InChI=1S/C19H23N3O3S/c1-14-3-4-18(13-15(14)2)26(24,25)21-17-7-11-22(12-8-17)19(23)16-5-9-20-10-6-16/h3-6,9-10,13,17,21H,7-8,11-12H2,1-2H3. The Morgan fingerprint density at radius 2 is 1.73 bits per heavy atom. The van der Waals surface area contributed by atoms with Gasteiger partial charge in [-0.25, -0.2) is 13.1 Å². The zero-order chi connectivity index (χ0) is 18.7. The maximum atomic E-state index is 12.6. The predicted octanol–water partition coefficient (Wildman–Crippen LogP) is 2.28. The van der Waals surface area contributed by atoms with E-state index in [9.17, 15) is 13.2 Å². The van der Waals surface area contributed by atoms with E-state index >= 15 is 0 Å².